The Morgan fingerprint density at radius 3 is 2.81 bits per heavy atom. The first kappa shape index (κ1) is 14.3. The molecule has 0 radical (unpaired) electrons. The summed E-state index contributed by atoms with van der Waals surface area (Å²) in [6.45, 7) is 2.94. The Labute approximate surface area is 125 Å². The molecule has 1 saturated carbocycles. The molecule has 0 aromatic carbocycles. The second-order valence-electron chi connectivity index (χ2n) is 6.48. The summed E-state index contributed by atoms with van der Waals surface area (Å²) in [4.78, 5) is 10.8. The lowest BCUT2D eigenvalue weighted by atomic mass is 9.72. The number of hydrogen-bond donors (Lipinski definition) is 1. The van der Waals surface area contributed by atoms with Gasteiger partial charge in [0.2, 0.25) is 0 Å². The van der Waals surface area contributed by atoms with Crippen molar-refractivity contribution >= 4 is 5.82 Å². The average molecular weight is 286 g/mol. The van der Waals surface area contributed by atoms with E-state index in [-0.39, 0.29) is 0 Å². The first-order chi connectivity index (χ1) is 10.1. The maximum absolute atomic E-state index is 10.7. The Hall–Kier alpha value is -1.67. The monoisotopic (exact) mass is 286 g/mol. The van der Waals surface area contributed by atoms with Crippen LogP contribution in [0.4, 0.5) is 5.82 Å². The van der Waals surface area contributed by atoms with E-state index in [4.69, 9.17) is 5.26 Å². The number of rotatable bonds is 2. The SMILES string of the molecule is C[C@]1(O)CCCC[C@@H]1[C@H]1CCCN1c1cnc(C#N)cn1. The highest BCUT2D eigenvalue weighted by Crippen LogP contribution is 2.41. The summed E-state index contributed by atoms with van der Waals surface area (Å²) in [7, 11) is 0. The van der Waals surface area contributed by atoms with E-state index >= 15 is 0 Å². The zero-order chi connectivity index (χ0) is 14.9. The van der Waals surface area contributed by atoms with Gasteiger partial charge in [0.1, 0.15) is 11.9 Å². The Balaban J connectivity index is 1.83. The van der Waals surface area contributed by atoms with Gasteiger partial charge in [-0.05, 0) is 32.6 Å². The van der Waals surface area contributed by atoms with Gasteiger partial charge in [-0.2, -0.15) is 5.26 Å². The molecule has 5 nitrogen and oxygen atoms in total. The molecule has 0 unspecified atom stereocenters. The first-order valence-corrected chi connectivity index (χ1v) is 7.83. The standard InChI is InChI=1S/C16H22N4O/c1-16(21)7-3-2-5-13(16)14-6-4-8-20(14)15-11-18-12(9-17)10-19-15/h10-11,13-14,21H,2-8H2,1H3/t13-,14-,16+/m1/s1. The second-order valence-corrected chi connectivity index (χ2v) is 6.48. The molecule has 3 rings (SSSR count). The van der Waals surface area contributed by atoms with E-state index in [0.29, 0.717) is 17.7 Å². The van der Waals surface area contributed by atoms with Crippen LogP contribution in [0.5, 0.6) is 0 Å². The van der Waals surface area contributed by atoms with Crippen molar-refractivity contribution in [2.45, 2.75) is 57.1 Å². The minimum atomic E-state index is -0.578. The molecule has 1 aliphatic carbocycles. The molecule has 0 amide bonds. The predicted octanol–water partition coefficient (Wildman–Crippen LogP) is 2.26. The molecule has 1 aliphatic heterocycles. The molecule has 0 spiro atoms. The molecule has 1 N–H and O–H groups in total. The van der Waals surface area contributed by atoms with E-state index in [2.05, 4.69) is 14.9 Å². The zero-order valence-corrected chi connectivity index (χ0v) is 12.5. The summed E-state index contributed by atoms with van der Waals surface area (Å²) in [5, 5.41) is 19.6. The van der Waals surface area contributed by atoms with Gasteiger partial charge >= 0.3 is 0 Å². The number of nitrogens with zero attached hydrogens (tertiary/aromatic N) is 4. The van der Waals surface area contributed by atoms with E-state index in [9.17, 15) is 5.11 Å². The van der Waals surface area contributed by atoms with Crippen molar-refractivity contribution in [2.24, 2.45) is 5.92 Å². The van der Waals surface area contributed by atoms with Crippen molar-refractivity contribution < 1.29 is 5.11 Å². The van der Waals surface area contributed by atoms with Gasteiger partial charge in [-0.25, -0.2) is 9.97 Å². The molecule has 112 valence electrons. The summed E-state index contributed by atoms with van der Waals surface area (Å²) in [6, 6.07) is 2.34. The summed E-state index contributed by atoms with van der Waals surface area (Å²) in [5.41, 5.74) is -0.231. The fourth-order valence-electron chi connectivity index (χ4n) is 3.97. The Morgan fingerprint density at radius 2 is 2.14 bits per heavy atom. The fraction of sp³-hybridized carbons (Fsp3) is 0.688. The molecule has 21 heavy (non-hydrogen) atoms. The number of aromatic nitrogens is 2. The van der Waals surface area contributed by atoms with Crippen LogP contribution in [0, 0.1) is 17.2 Å². The molecular formula is C16H22N4O. The number of anilines is 1. The third-order valence-electron chi connectivity index (χ3n) is 5.06. The van der Waals surface area contributed by atoms with Gasteiger partial charge in [-0.15, -0.1) is 0 Å². The van der Waals surface area contributed by atoms with Crippen LogP contribution in [0.25, 0.3) is 0 Å². The molecule has 0 bridgehead atoms. The van der Waals surface area contributed by atoms with Crippen LogP contribution in [0.3, 0.4) is 0 Å². The van der Waals surface area contributed by atoms with Gasteiger partial charge in [0.15, 0.2) is 5.69 Å². The predicted molar refractivity (Wildman–Crippen MR) is 79.7 cm³/mol. The normalized spacial score (nSPS) is 32.9. The summed E-state index contributed by atoms with van der Waals surface area (Å²) < 4.78 is 0. The summed E-state index contributed by atoms with van der Waals surface area (Å²) >= 11 is 0. The average Bonchev–Trinajstić information content (AvgIpc) is 2.96. The van der Waals surface area contributed by atoms with Crippen molar-refractivity contribution in [1.29, 1.82) is 5.26 Å². The van der Waals surface area contributed by atoms with Gasteiger partial charge in [0, 0.05) is 18.5 Å². The molecule has 2 fully saturated rings. The highest BCUT2D eigenvalue weighted by Gasteiger charge is 2.43. The number of hydrogen-bond acceptors (Lipinski definition) is 5. The fourth-order valence-corrected chi connectivity index (χ4v) is 3.97. The summed E-state index contributed by atoms with van der Waals surface area (Å²) in [6.07, 6.45) is 9.73. The van der Waals surface area contributed by atoms with Crippen molar-refractivity contribution in [3.05, 3.63) is 18.1 Å². The van der Waals surface area contributed by atoms with Crippen molar-refractivity contribution in [2.75, 3.05) is 11.4 Å². The maximum Gasteiger partial charge on any atom is 0.158 e. The van der Waals surface area contributed by atoms with Crippen molar-refractivity contribution in [3.63, 3.8) is 0 Å². The van der Waals surface area contributed by atoms with E-state index in [1.807, 2.05) is 13.0 Å². The van der Waals surface area contributed by atoms with Gasteiger partial charge in [-0.1, -0.05) is 12.8 Å². The topological polar surface area (TPSA) is 73.0 Å². The molecule has 1 aromatic rings. The first-order valence-electron chi connectivity index (χ1n) is 7.83. The van der Waals surface area contributed by atoms with Crippen LogP contribution in [-0.2, 0) is 0 Å². The highest BCUT2D eigenvalue weighted by molar-refractivity contribution is 5.40. The zero-order valence-electron chi connectivity index (χ0n) is 12.5. The van der Waals surface area contributed by atoms with Gasteiger partial charge in [0.25, 0.3) is 0 Å². The van der Waals surface area contributed by atoms with Crippen LogP contribution >= 0.6 is 0 Å². The van der Waals surface area contributed by atoms with Crippen LogP contribution in [-0.4, -0.2) is 33.3 Å². The molecule has 1 saturated heterocycles. The lowest BCUT2D eigenvalue weighted by Gasteiger charge is -2.43. The smallest absolute Gasteiger partial charge is 0.158 e. The van der Waals surface area contributed by atoms with E-state index < -0.39 is 5.60 Å². The molecule has 2 aliphatic rings. The van der Waals surface area contributed by atoms with Crippen LogP contribution < -0.4 is 4.90 Å². The van der Waals surface area contributed by atoms with Crippen LogP contribution in [0.1, 0.15) is 51.1 Å². The number of aliphatic hydroxyl groups is 1. The Bertz CT molecular complexity index is 534. The van der Waals surface area contributed by atoms with E-state index in [1.54, 1.807) is 6.20 Å². The lowest BCUT2D eigenvalue weighted by molar-refractivity contribution is -0.0411. The third kappa shape index (κ3) is 2.73. The minimum Gasteiger partial charge on any atom is -0.390 e. The molecule has 5 heteroatoms. The molecule has 1 aromatic heterocycles. The quantitative estimate of drug-likeness (QED) is 0.902. The van der Waals surface area contributed by atoms with Gasteiger partial charge in [0.05, 0.1) is 18.0 Å². The van der Waals surface area contributed by atoms with E-state index in [0.717, 1.165) is 44.5 Å². The summed E-state index contributed by atoms with van der Waals surface area (Å²) in [5.74, 6) is 1.13. The van der Waals surface area contributed by atoms with Gasteiger partial charge < -0.3 is 10.0 Å². The maximum atomic E-state index is 10.7. The van der Waals surface area contributed by atoms with E-state index in [1.165, 1.54) is 12.6 Å². The van der Waals surface area contributed by atoms with Gasteiger partial charge in [-0.3, -0.25) is 0 Å². The van der Waals surface area contributed by atoms with Crippen molar-refractivity contribution in [3.8, 4) is 6.07 Å². The van der Waals surface area contributed by atoms with Crippen LogP contribution in [0.15, 0.2) is 12.4 Å². The van der Waals surface area contributed by atoms with Crippen LogP contribution in [0.2, 0.25) is 0 Å². The molecular weight excluding hydrogens is 264 g/mol. The number of nitriles is 1. The molecule has 2 heterocycles. The second kappa shape index (κ2) is 5.61. The largest absolute Gasteiger partial charge is 0.390 e. The van der Waals surface area contributed by atoms with Crippen molar-refractivity contribution in [1.82, 2.24) is 9.97 Å². The third-order valence-corrected chi connectivity index (χ3v) is 5.06. The Kier molecular flexibility index (Phi) is 3.81. The minimum absolute atomic E-state index is 0.297. The highest BCUT2D eigenvalue weighted by atomic mass is 16.3. The Morgan fingerprint density at radius 1 is 1.29 bits per heavy atom. The molecule has 3 atom stereocenters. The lowest BCUT2D eigenvalue weighted by Crippen LogP contribution is -2.49.